The number of amides is 4. The molecule has 0 heterocycles. The van der Waals surface area contributed by atoms with Crippen LogP contribution in [0.1, 0.15) is 82.2 Å². The molecule has 0 aromatic heterocycles. The Hall–Kier alpha value is -3.88. The summed E-state index contributed by atoms with van der Waals surface area (Å²) >= 11 is 0. The molecule has 4 N–H and O–H groups in total. The number of nitrogens with zero attached hydrogens (tertiary/aromatic N) is 1. The van der Waals surface area contributed by atoms with Crippen LogP contribution in [0.3, 0.4) is 0 Å². The standard InChI is InChI=1S/C31H44N4O5/c1-8-22(4)35(29(38)25(16-17-26(32)36)34-30(39)40-31(5,6)7)27(24-18-20(2)14-15-21(24)3)28(37)33-19-23-12-10-9-11-13-23/h9-15,18,22,25,27H,8,16-17,19H2,1-7H3,(H2,32,36)(H,33,37)(H,34,39). The van der Waals surface area contributed by atoms with Gasteiger partial charge in [-0.2, -0.15) is 0 Å². The van der Waals surface area contributed by atoms with Gasteiger partial charge >= 0.3 is 6.09 Å². The monoisotopic (exact) mass is 552 g/mol. The lowest BCUT2D eigenvalue weighted by atomic mass is 9.94. The minimum atomic E-state index is -1.13. The molecule has 0 fully saturated rings. The summed E-state index contributed by atoms with van der Waals surface area (Å²) in [5.74, 6) is -1.45. The molecule has 4 amide bonds. The van der Waals surface area contributed by atoms with Crippen LogP contribution in [0.4, 0.5) is 4.79 Å². The Morgan fingerprint density at radius 3 is 2.25 bits per heavy atom. The first-order valence-electron chi connectivity index (χ1n) is 13.7. The zero-order chi connectivity index (χ0) is 30.0. The maximum Gasteiger partial charge on any atom is 0.408 e. The fourth-order valence-corrected chi connectivity index (χ4v) is 4.32. The Balaban J connectivity index is 2.56. The van der Waals surface area contributed by atoms with Crippen molar-refractivity contribution >= 4 is 23.8 Å². The van der Waals surface area contributed by atoms with E-state index in [-0.39, 0.29) is 31.3 Å². The van der Waals surface area contributed by atoms with Crippen LogP contribution in [-0.4, -0.2) is 46.4 Å². The summed E-state index contributed by atoms with van der Waals surface area (Å²) in [6.45, 7) is 13.0. The quantitative estimate of drug-likeness (QED) is 0.358. The minimum absolute atomic E-state index is 0.0362. The first kappa shape index (κ1) is 32.3. The van der Waals surface area contributed by atoms with Crippen LogP contribution in [0.25, 0.3) is 0 Å². The Labute approximate surface area is 237 Å². The van der Waals surface area contributed by atoms with Crippen LogP contribution in [0.2, 0.25) is 0 Å². The smallest absolute Gasteiger partial charge is 0.408 e. The van der Waals surface area contributed by atoms with Crippen molar-refractivity contribution in [1.82, 2.24) is 15.5 Å². The van der Waals surface area contributed by atoms with E-state index >= 15 is 0 Å². The molecule has 0 saturated heterocycles. The van der Waals surface area contributed by atoms with Gasteiger partial charge in [-0.25, -0.2) is 4.79 Å². The summed E-state index contributed by atoms with van der Waals surface area (Å²) in [5.41, 5.74) is 7.99. The third-order valence-corrected chi connectivity index (χ3v) is 6.55. The van der Waals surface area contributed by atoms with E-state index in [1.165, 1.54) is 4.90 Å². The van der Waals surface area contributed by atoms with Gasteiger partial charge in [-0.1, -0.05) is 61.0 Å². The van der Waals surface area contributed by atoms with Gasteiger partial charge in [-0.15, -0.1) is 0 Å². The molecular formula is C31H44N4O5. The normalized spacial score (nSPS) is 13.5. The number of rotatable bonds is 12. The number of hydrogen-bond donors (Lipinski definition) is 3. The number of hydrogen-bond acceptors (Lipinski definition) is 5. The van der Waals surface area contributed by atoms with Gasteiger partial charge in [0, 0.05) is 19.0 Å². The molecule has 3 unspecified atom stereocenters. The summed E-state index contributed by atoms with van der Waals surface area (Å²) in [6.07, 6.45) is -0.412. The SMILES string of the molecule is CCC(C)N(C(=O)C(CCC(N)=O)NC(=O)OC(C)(C)C)C(C(=O)NCc1ccccc1)c1cc(C)ccc1C. The summed E-state index contributed by atoms with van der Waals surface area (Å²) < 4.78 is 5.39. The van der Waals surface area contributed by atoms with E-state index in [2.05, 4.69) is 10.6 Å². The molecule has 0 aliphatic carbocycles. The van der Waals surface area contributed by atoms with Crippen LogP contribution in [0.15, 0.2) is 48.5 Å². The summed E-state index contributed by atoms with van der Waals surface area (Å²) in [6, 6.07) is 12.8. The molecule has 0 spiro atoms. The number of ether oxygens (including phenoxy) is 1. The van der Waals surface area contributed by atoms with E-state index in [1.54, 1.807) is 20.8 Å². The molecule has 9 heteroatoms. The second-order valence-electron chi connectivity index (χ2n) is 11.2. The zero-order valence-electron chi connectivity index (χ0n) is 24.7. The molecule has 218 valence electrons. The Bertz CT molecular complexity index is 1180. The van der Waals surface area contributed by atoms with Crippen molar-refractivity contribution in [2.24, 2.45) is 5.73 Å². The first-order chi connectivity index (χ1) is 18.7. The van der Waals surface area contributed by atoms with Gasteiger partial charge < -0.3 is 26.0 Å². The van der Waals surface area contributed by atoms with Crippen LogP contribution < -0.4 is 16.4 Å². The van der Waals surface area contributed by atoms with Gasteiger partial charge in [0.1, 0.15) is 17.7 Å². The maximum atomic E-state index is 14.3. The van der Waals surface area contributed by atoms with Crippen molar-refractivity contribution in [1.29, 1.82) is 0 Å². The topological polar surface area (TPSA) is 131 Å². The Kier molecular flexibility index (Phi) is 11.7. The van der Waals surface area contributed by atoms with Crippen LogP contribution in [0, 0.1) is 13.8 Å². The van der Waals surface area contributed by atoms with E-state index in [0.29, 0.717) is 12.0 Å². The van der Waals surface area contributed by atoms with Crippen molar-refractivity contribution in [2.45, 2.75) is 98.0 Å². The van der Waals surface area contributed by atoms with Crippen LogP contribution in [-0.2, 0) is 25.7 Å². The van der Waals surface area contributed by atoms with E-state index in [4.69, 9.17) is 10.5 Å². The molecule has 9 nitrogen and oxygen atoms in total. The molecule has 0 saturated carbocycles. The van der Waals surface area contributed by atoms with Gasteiger partial charge in [0.2, 0.25) is 17.7 Å². The molecule has 2 aromatic rings. The molecule has 3 atom stereocenters. The highest BCUT2D eigenvalue weighted by atomic mass is 16.6. The van der Waals surface area contributed by atoms with Crippen molar-refractivity contribution in [3.63, 3.8) is 0 Å². The summed E-state index contributed by atoms with van der Waals surface area (Å²) in [5, 5.41) is 5.63. The molecule has 40 heavy (non-hydrogen) atoms. The van der Waals surface area contributed by atoms with Gasteiger partial charge in [0.25, 0.3) is 0 Å². The average Bonchev–Trinajstić information content (AvgIpc) is 2.88. The number of nitrogens with two attached hydrogens (primary N) is 1. The predicted octanol–water partition coefficient (Wildman–Crippen LogP) is 4.45. The highest BCUT2D eigenvalue weighted by molar-refractivity contribution is 5.93. The molecule has 0 aliphatic heterocycles. The second kappa shape index (κ2) is 14.5. The van der Waals surface area contributed by atoms with E-state index < -0.39 is 35.6 Å². The number of benzene rings is 2. The number of nitrogens with one attached hydrogen (secondary N) is 2. The van der Waals surface area contributed by atoms with Crippen molar-refractivity contribution in [3.05, 3.63) is 70.8 Å². The second-order valence-corrected chi connectivity index (χ2v) is 11.2. The van der Waals surface area contributed by atoms with Crippen LogP contribution in [0.5, 0.6) is 0 Å². The number of carbonyl (C=O) groups excluding carboxylic acids is 4. The molecular weight excluding hydrogens is 508 g/mol. The maximum absolute atomic E-state index is 14.3. The van der Waals surface area contributed by atoms with Gasteiger partial charge in [0.15, 0.2) is 0 Å². The molecule has 0 aliphatic rings. The lowest BCUT2D eigenvalue weighted by Gasteiger charge is -2.39. The van der Waals surface area contributed by atoms with Gasteiger partial charge in [-0.3, -0.25) is 14.4 Å². The van der Waals surface area contributed by atoms with Gasteiger partial charge in [0.05, 0.1) is 0 Å². The lowest BCUT2D eigenvalue weighted by Crippen LogP contribution is -2.55. The largest absolute Gasteiger partial charge is 0.444 e. The number of carbonyl (C=O) groups is 4. The lowest BCUT2D eigenvalue weighted by molar-refractivity contribution is -0.145. The fourth-order valence-electron chi connectivity index (χ4n) is 4.32. The summed E-state index contributed by atoms with van der Waals surface area (Å²) in [7, 11) is 0. The molecule has 0 radical (unpaired) electrons. The number of alkyl carbamates (subject to hydrolysis) is 1. The zero-order valence-corrected chi connectivity index (χ0v) is 24.7. The number of primary amides is 1. The molecule has 0 bridgehead atoms. The highest BCUT2D eigenvalue weighted by Gasteiger charge is 2.39. The molecule has 2 aromatic carbocycles. The Morgan fingerprint density at radius 1 is 1.02 bits per heavy atom. The van der Waals surface area contributed by atoms with Crippen molar-refractivity contribution in [3.8, 4) is 0 Å². The van der Waals surface area contributed by atoms with E-state index in [9.17, 15) is 19.2 Å². The fraction of sp³-hybridized carbons (Fsp3) is 0.484. The molecule has 2 rings (SSSR count). The first-order valence-corrected chi connectivity index (χ1v) is 13.7. The minimum Gasteiger partial charge on any atom is -0.444 e. The predicted molar refractivity (Wildman–Crippen MR) is 155 cm³/mol. The van der Waals surface area contributed by atoms with Gasteiger partial charge in [-0.05, 0) is 71.1 Å². The average molecular weight is 553 g/mol. The van der Waals surface area contributed by atoms with Crippen molar-refractivity contribution < 1.29 is 23.9 Å². The van der Waals surface area contributed by atoms with E-state index in [0.717, 1.165) is 16.7 Å². The van der Waals surface area contributed by atoms with Crippen LogP contribution >= 0.6 is 0 Å². The number of aryl methyl sites for hydroxylation is 2. The van der Waals surface area contributed by atoms with Crippen molar-refractivity contribution in [2.75, 3.05) is 0 Å². The third-order valence-electron chi connectivity index (χ3n) is 6.55. The third kappa shape index (κ3) is 9.70. The highest BCUT2D eigenvalue weighted by Crippen LogP contribution is 2.30. The van der Waals surface area contributed by atoms with E-state index in [1.807, 2.05) is 76.2 Å². The Morgan fingerprint density at radius 2 is 1.68 bits per heavy atom. The summed E-state index contributed by atoms with van der Waals surface area (Å²) in [4.78, 5) is 54.1.